The van der Waals surface area contributed by atoms with Crippen LogP contribution in [-0.2, 0) is 6.54 Å². The third-order valence-corrected chi connectivity index (χ3v) is 3.56. The number of rotatable bonds is 4. The topological polar surface area (TPSA) is 21.3 Å². The highest BCUT2D eigenvalue weighted by Crippen LogP contribution is 2.28. The second kappa shape index (κ2) is 6.50. The van der Waals surface area contributed by atoms with Gasteiger partial charge in [-0.25, -0.2) is 0 Å². The van der Waals surface area contributed by atoms with Crippen LogP contribution in [0.1, 0.15) is 31.9 Å². The number of benzene rings is 2. The van der Waals surface area contributed by atoms with Crippen molar-refractivity contribution in [3.63, 3.8) is 0 Å². The van der Waals surface area contributed by atoms with Gasteiger partial charge in [0.1, 0.15) is 11.5 Å². The van der Waals surface area contributed by atoms with E-state index in [9.17, 15) is 0 Å². The summed E-state index contributed by atoms with van der Waals surface area (Å²) >= 11 is 6.05. The number of halogens is 1. The van der Waals surface area contributed by atoms with Gasteiger partial charge in [-0.05, 0) is 57.5 Å². The van der Waals surface area contributed by atoms with Crippen molar-refractivity contribution in [2.24, 2.45) is 0 Å². The maximum atomic E-state index is 6.05. The van der Waals surface area contributed by atoms with Crippen LogP contribution in [0.3, 0.4) is 0 Å². The van der Waals surface area contributed by atoms with E-state index in [1.807, 2.05) is 43.3 Å². The van der Waals surface area contributed by atoms with Crippen LogP contribution < -0.4 is 10.1 Å². The van der Waals surface area contributed by atoms with Gasteiger partial charge in [-0.2, -0.15) is 0 Å². The van der Waals surface area contributed by atoms with E-state index in [4.69, 9.17) is 16.3 Å². The summed E-state index contributed by atoms with van der Waals surface area (Å²) in [5.41, 5.74) is 2.23. The van der Waals surface area contributed by atoms with Crippen LogP contribution in [0.15, 0.2) is 42.5 Å². The largest absolute Gasteiger partial charge is 0.457 e. The van der Waals surface area contributed by atoms with Gasteiger partial charge < -0.3 is 10.1 Å². The molecule has 0 spiro atoms. The fourth-order valence-corrected chi connectivity index (χ4v) is 2.04. The van der Waals surface area contributed by atoms with Crippen molar-refractivity contribution in [3.05, 3.63) is 58.6 Å². The van der Waals surface area contributed by atoms with E-state index in [2.05, 4.69) is 32.2 Å². The Morgan fingerprint density at radius 2 is 1.81 bits per heavy atom. The first kappa shape index (κ1) is 15.9. The van der Waals surface area contributed by atoms with E-state index in [1.165, 1.54) is 0 Å². The van der Waals surface area contributed by atoms with Crippen LogP contribution in [0.2, 0.25) is 5.02 Å². The number of para-hydroxylation sites is 1. The van der Waals surface area contributed by atoms with Crippen molar-refractivity contribution in [2.75, 3.05) is 0 Å². The van der Waals surface area contributed by atoms with Crippen LogP contribution >= 0.6 is 11.6 Å². The number of aryl methyl sites for hydroxylation is 1. The van der Waals surface area contributed by atoms with Crippen molar-refractivity contribution in [1.82, 2.24) is 5.32 Å². The van der Waals surface area contributed by atoms with Gasteiger partial charge in [0.15, 0.2) is 0 Å². The van der Waals surface area contributed by atoms with E-state index in [1.54, 1.807) is 0 Å². The average molecular weight is 304 g/mol. The van der Waals surface area contributed by atoms with Crippen LogP contribution in [0.25, 0.3) is 0 Å². The summed E-state index contributed by atoms with van der Waals surface area (Å²) in [6, 6.07) is 13.8. The number of ether oxygens (including phenoxy) is 1. The van der Waals surface area contributed by atoms with Gasteiger partial charge in [-0.1, -0.05) is 29.8 Å². The van der Waals surface area contributed by atoms with E-state index >= 15 is 0 Å². The predicted octanol–water partition coefficient (Wildman–Crippen LogP) is 5.33. The molecule has 2 rings (SSSR count). The minimum atomic E-state index is 0.0734. The molecule has 2 aromatic carbocycles. The molecule has 3 heteroatoms. The van der Waals surface area contributed by atoms with Crippen molar-refractivity contribution >= 4 is 11.6 Å². The number of nitrogens with one attached hydrogen (secondary N) is 1. The molecule has 0 heterocycles. The molecule has 0 aliphatic carbocycles. The third kappa shape index (κ3) is 4.76. The Balaban J connectivity index is 2.17. The second-order valence-corrected chi connectivity index (χ2v) is 6.63. The molecule has 0 fully saturated rings. The van der Waals surface area contributed by atoms with Gasteiger partial charge >= 0.3 is 0 Å². The van der Waals surface area contributed by atoms with E-state index in [0.29, 0.717) is 0 Å². The molecule has 2 aromatic rings. The molecule has 0 amide bonds. The molecule has 0 bridgehead atoms. The van der Waals surface area contributed by atoms with Gasteiger partial charge in [-0.15, -0.1) is 0 Å². The molecule has 21 heavy (non-hydrogen) atoms. The highest BCUT2D eigenvalue weighted by molar-refractivity contribution is 6.31. The molecule has 0 aromatic heterocycles. The third-order valence-electron chi connectivity index (χ3n) is 3.14. The lowest BCUT2D eigenvalue weighted by molar-refractivity contribution is 0.414. The summed E-state index contributed by atoms with van der Waals surface area (Å²) in [5, 5.41) is 4.24. The smallest absolute Gasteiger partial charge is 0.131 e. The molecule has 2 nitrogen and oxygen atoms in total. The maximum Gasteiger partial charge on any atom is 0.131 e. The van der Waals surface area contributed by atoms with Gasteiger partial charge in [0.05, 0.1) is 0 Å². The Morgan fingerprint density at radius 1 is 1.10 bits per heavy atom. The minimum Gasteiger partial charge on any atom is -0.457 e. The summed E-state index contributed by atoms with van der Waals surface area (Å²) in [7, 11) is 0. The van der Waals surface area contributed by atoms with Crippen molar-refractivity contribution in [3.8, 4) is 11.5 Å². The van der Waals surface area contributed by atoms with Gasteiger partial charge in [0.25, 0.3) is 0 Å². The first-order chi connectivity index (χ1) is 9.85. The Bertz CT molecular complexity index is 617. The number of hydrogen-bond acceptors (Lipinski definition) is 2. The molecule has 0 atom stereocenters. The van der Waals surface area contributed by atoms with E-state index in [0.717, 1.165) is 34.2 Å². The molecule has 0 unspecified atom stereocenters. The normalized spacial score (nSPS) is 11.5. The summed E-state index contributed by atoms with van der Waals surface area (Å²) in [4.78, 5) is 0. The zero-order chi connectivity index (χ0) is 15.5. The highest BCUT2D eigenvalue weighted by atomic mass is 35.5. The van der Waals surface area contributed by atoms with Crippen molar-refractivity contribution < 1.29 is 4.74 Å². The molecule has 0 saturated carbocycles. The summed E-state index contributed by atoms with van der Waals surface area (Å²) in [6.45, 7) is 9.20. The molecule has 0 aliphatic rings. The van der Waals surface area contributed by atoms with Gasteiger partial charge in [-0.3, -0.25) is 0 Å². The van der Waals surface area contributed by atoms with Crippen molar-refractivity contribution in [1.29, 1.82) is 0 Å². The average Bonchev–Trinajstić information content (AvgIpc) is 2.41. The highest BCUT2D eigenvalue weighted by Gasteiger charge is 2.11. The molecule has 112 valence electrons. The molecule has 0 aliphatic heterocycles. The molecular formula is C18H22ClNO. The Hall–Kier alpha value is -1.51. The number of hydrogen-bond donors (Lipinski definition) is 1. The van der Waals surface area contributed by atoms with Crippen LogP contribution in [-0.4, -0.2) is 5.54 Å². The Morgan fingerprint density at radius 3 is 2.48 bits per heavy atom. The fraction of sp³-hybridized carbons (Fsp3) is 0.333. The summed E-state index contributed by atoms with van der Waals surface area (Å²) < 4.78 is 6.01. The standard InChI is InChI=1S/C18H22ClNO/c1-13-11-15(9-10-16(13)19)21-17-8-6-5-7-14(17)12-20-18(2,3)4/h5-11,20H,12H2,1-4H3. The zero-order valence-electron chi connectivity index (χ0n) is 13.0. The SMILES string of the molecule is Cc1cc(Oc2ccccc2CNC(C)(C)C)ccc1Cl. The van der Waals surface area contributed by atoms with Crippen LogP contribution in [0.4, 0.5) is 0 Å². The van der Waals surface area contributed by atoms with Crippen LogP contribution in [0.5, 0.6) is 11.5 Å². The summed E-state index contributed by atoms with van der Waals surface area (Å²) in [6.07, 6.45) is 0. The second-order valence-electron chi connectivity index (χ2n) is 6.22. The molecule has 1 N–H and O–H groups in total. The first-order valence-corrected chi connectivity index (χ1v) is 7.50. The van der Waals surface area contributed by atoms with Gasteiger partial charge in [0, 0.05) is 22.7 Å². The minimum absolute atomic E-state index is 0.0734. The van der Waals surface area contributed by atoms with Crippen molar-refractivity contribution in [2.45, 2.75) is 39.8 Å². The Labute approximate surface area is 132 Å². The lowest BCUT2D eigenvalue weighted by Crippen LogP contribution is -2.35. The first-order valence-electron chi connectivity index (χ1n) is 7.12. The fourth-order valence-electron chi connectivity index (χ4n) is 1.92. The molecular weight excluding hydrogens is 282 g/mol. The van der Waals surface area contributed by atoms with Crippen LogP contribution in [0, 0.1) is 6.92 Å². The van der Waals surface area contributed by atoms with E-state index < -0.39 is 0 Å². The van der Waals surface area contributed by atoms with Gasteiger partial charge in [0.2, 0.25) is 0 Å². The molecule has 0 radical (unpaired) electrons. The predicted molar refractivity (Wildman–Crippen MR) is 89.3 cm³/mol. The Kier molecular flexibility index (Phi) is 4.92. The zero-order valence-corrected chi connectivity index (χ0v) is 13.8. The summed E-state index contributed by atoms with van der Waals surface area (Å²) in [5.74, 6) is 1.68. The monoisotopic (exact) mass is 303 g/mol. The van der Waals surface area contributed by atoms with E-state index in [-0.39, 0.29) is 5.54 Å². The molecule has 0 saturated heterocycles. The lowest BCUT2D eigenvalue weighted by Gasteiger charge is -2.21. The maximum absolute atomic E-state index is 6.05. The quantitative estimate of drug-likeness (QED) is 0.824. The lowest BCUT2D eigenvalue weighted by atomic mass is 10.1.